The molecule has 1 aliphatic rings. The molecule has 1 saturated heterocycles. The van der Waals surface area contributed by atoms with Gasteiger partial charge in [-0.3, -0.25) is 0 Å². The van der Waals surface area contributed by atoms with Crippen LogP contribution in [0.3, 0.4) is 0 Å². The molecule has 2 aromatic rings. The van der Waals surface area contributed by atoms with E-state index in [1.54, 1.807) is 0 Å². The Morgan fingerprint density at radius 3 is 2.27 bits per heavy atom. The van der Waals surface area contributed by atoms with Crippen molar-refractivity contribution >= 4 is 5.82 Å². The maximum absolute atomic E-state index is 5.78. The summed E-state index contributed by atoms with van der Waals surface area (Å²) in [7, 11) is 0. The van der Waals surface area contributed by atoms with Crippen molar-refractivity contribution in [2.24, 2.45) is 0 Å². The summed E-state index contributed by atoms with van der Waals surface area (Å²) < 4.78 is 5.78. The lowest BCUT2D eigenvalue weighted by atomic mass is 10.1. The lowest BCUT2D eigenvalue weighted by molar-refractivity contribution is -0.00545. The number of aromatic nitrogens is 1. The van der Waals surface area contributed by atoms with Gasteiger partial charge in [0, 0.05) is 19.3 Å². The van der Waals surface area contributed by atoms with E-state index in [1.165, 1.54) is 11.1 Å². The summed E-state index contributed by atoms with van der Waals surface area (Å²) in [4.78, 5) is 6.97. The maximum Gasteiger partial charge on any atom is 0.128 e. The fourth-order valence-electron chi connectivity index (χ4n) is 3.05. The van der Waals surface area contributed by atoms with E-state index < -0.39 is 0 Å². The van der Waals surface area contributed by atoms with Crippen molar-refractivity contribution < 1.29 is 4.74 Å². The van der Waals surface area contributed by atoms with Crippen molar-refractivity contribution in [1.29, 1.82) is 0 Å². The lowest BCUT2D eigenvalue weighted by Crippen LogP contribution is -2.45. The minimum absolute atomic E-state index is 0.267. The van der Waals surface area contributed by atoms with E-state index in [9.17, 15) is 0 Å². The van der Waals surface area contributed by atoms with Crippen molar-refractivity contribution in [3.63, 3.8) is 0 Å². The van der Waals surface area contributed by atoms with Gasteiger partial charge in [0.25, 0.3) is 0 Å². The second-order valence-electron chi connectivity index (χ2n) is 6.17. The van der Waals surface area contributed by atoms with Crippen LogP contribution < -0.4 is 4.90 Å². The Labute approximate surface area is 132 Å². The number of hydrogen-bond donors (Lipinski definition) is 0. The predicted molar refractivity (Wildman–Crippen MR) is 90.3 cm³/mol. The van der Waals surface area contributed by atoms with Crippen LogP contribution in [0.1, 0.15) is 25.0 Å². The van der Waals surface area contributed by atoms with Gasteiger partial charge in [-0.05, 0) is 43.9 Å². The third-order valence-electron chi connectivity index (χ3n) is 4.10. The molecule has 0 spiro atoms. The molecule has 0 unspecified atom stereocenters. The highest BCUT2D eigenvalue weighted by atomic mass is 16.5. The number of ether oxygens (including phenoxy) is 1. The number of aryl methyl sites for hydroxylation is 2. The van der Waals surface area contributed by atoms with Crippen LogP contribution in [0.15, 0.2) is 48.7 Å². The van der Waals surface area contributed by atoms with E-state index in [0.717, 1.165) is 31.7 Å². The van der Waals surface area contributed by atoms with E-state index in [-0.39, 0.29) is 12.2 Å². The summed E-state index contributed by atoms with van der Waals surface area (Å²) in [5.74, 6) is 1.06. The molecule has 2 atom stereocenters. The Balaban J connectivity index is 1.60. The molecule has 1 aromatic carbocycles. The molecule has 22 heavy (non-hydrogen) atoms. The molecule has 0 radical (unpaired) electrons. The number of nitrogens with zero attached hydrogens (tertiary/aromatic N) is 2. The van der Waals surface area contributed by atoms with E-state index in [0.29, 0.717) is 0 Å². The Morgan fingerprint density at radius 2 is 1.64 bits per heavy atom. The summed E-state index contributed by atoms with van der Waals surface area (Å²) in [6, 6.07) is 15.0. The van der Waals surface area contributed by atoms with Gasteiger partial charge in [0.15, 0.2) is 0 Å². The molecule has 0 saturated carbocycles. The first kappa shape index (κ1) is 15.0. The lowest BCUT2D eigenvalue weighted by Gasteiger charge is -2.36. The summed E-state index contributed by atoms with van der Waals surface area (Å²) in [6.07, 6.45) is 4.65. The van der Waals surface area contributed by atoms with Gasteiger partial charge in [0.1, 0.15) is 5.82 Å². The first-order chi connectivity index (χ1) is 10.7. The van der Waals surface area contributed by atoms with Crippen LogP contribution in [-0.2, 0) is 17.6 Å². The molecule has 1 fully saturated rings. The highest BCUT2D eigenvalue weighted by molar-refractivity contribution is 5.40. The van der Waals surface area contributed by atoms with Crippen LogP contribution >= 0.6 is 0 Å². The van der Waals surface area contributed by atoms with Gasteiger partial charge in [-0.25, -0.2) is 4.98 Å². The number of rotatable bonds is 4. The molecule has 2 heterocycles. The minimum atomic E-state index is 0.267. The van der Waals surface area contributed by atoms with Crippen LogP contribution in [0.25, 0.3) is 0 Å². The molecule has 3 heteroatoms. The Morgan fingerprint density at radius 1 is 0.955 bits per heavy atom. The second kappa shape index (κ2) is 6.93. The molecular formula is C19H24N2O. The predicted octanol–water partition coefficient (Wildman–Crippen LogP) is 3.48. The molecule has 1 aromatic heterocycles. The normalized spacial score (nSPS) is 21.8. The molecule has 3 nitrogen and oxygen atoms in total. The third kappa shape index (κ3) is 3.86. The van der Waals surface area contributed by atoms with Crippen LogP contribution in [-0.4, -0.2) is 30.3 Å². The number of morpholine rings is 1. The van der Waals surface area contributed by atoms with Gasteiger partial charge in [0.05, 0.1) is 12.2 Å². The maximum atomic E-state index is 5.78. The average molecular weight is 296 g/mol. The van der Waals surface area contributed by atoms with Crippen molar-refractivity contribution in [2.45, 2.75) is 38.9 Å². The van der Waals surface area contributed by atoms with Crippen molar-refractivity contribution in [1.82, 2.24) is 4.98 Å². The fourth-order valence-corrected chi connectivity index (χ4v) is 3.05. The Kier molecular flexibility index (Phi) is 4.74. The molecule has 3 rings (SSSR count). The van der Waals surface area contributed by atoms with Crippen molar-refractivity contribution in [3.05, 3.63) is 59.8 Å². The zero-order valence-electron chi connectivity index (χ0n) is 13.4. The van der Waals surface area contributed by atoms with E-state index in [1.807, 2.05) is 6.20 Å². The Bertz CT molecular complexity index is 572. The topological polar surface area (TPSA) is 25.4 Å². The number of pyridine rings is 1. The first-order valence-electron chi connectivity index (χ1n) is 8.10. The highest BCUT2D eigenvalue weighted by Gasteiger charge is 2.22. The molecule has 1 aliphatic heterocycles. The molecule has 0 aliphatic carbocycles. The van der Waals surface area contributed by atoms with E-state index in [2.05, 4.69) is 66.2 Å². The van der Waals surface area contributed by atoms with Gasteiger partial charge >= 0.3 is 0 Å². The van der Waals surface area contributed by atoms with Crippen LogP contribution in [0.4, 0.5) is 5.82 Å². The molecular weight excluding hydrogens is 272 g/mol. The van der Waals surface area contributed by atoms with Crippen molar-refractivity contribution in [3.8, 4) is 0 Å². The smallest absolute Gasteiger partial charge is 0.128 e. The third-order valence-corrected chi connectivity index (χ3v) is 4.10. The monoisotopic (exact) mass is 296 g/mol. The number of benzene rings is 1. The van der Waals surface area contributed by atoms with Gasteiger partial charge in [0.2, 0.25) is 0 Å². The summed E-state index contributed by atoms with van der Waals surface area (Å²) in [5, 5.41) is 0. The second-order valence-corrected chi connectivity index (χ2v) is 6.17. The number of hydrogen-bond acceptors (Lipinski definition) is 3. The highest BCUT2D eigenvalue weighted by Crippen LogP contribution is 2.18. The average Bonchev–Trinajstić information content (AvgIpc) is 2.53. The van der Waals surface area contributed by atoms with Gasteiger partial charge in [-0.15, -0.1) is 0 Å². The molecule has 0 amide bonds. The van der Waals surface area contributed by atoms with Gasteiger partial charge in [-0.1, -0.05) is 36.4 Å². The van der Waals surface area contributed by atoms with E-state index >= 15 is 0 Å². The fraction of sp³-hybridized carbons (Fsp3) is 0.421. The number of anilines is 1. The first-order valence-corrected chi connectivity index (χ1v) is 8.10. The zero-order valence-corrected chi connectivity index (χ0v) is 13.4. The quantitative estimate of drug-likeness (QED) is 0.863. The summed E-state index contributed by atoms with van der Waals surface area (Å²) in [5.41, 5.74) is 2.67. The minimum Gasteiger partial charge on any atom is -0.372 e. The largest absolute Gasteiger partial charge is 0.372 e. The SMILES string of the molecule is C[C@@H]1CN(c2ccc(CCc3ccccc3)cn2)C[C@H](C)O1. The molecule has 0 N–H and O–H groups in total. The van der Waals surface area contributed by atoms with Crippen molar-refractivity contribution in [2.75, 3.05) is 18.0 Å². The summed E-state index contributed by atoms with van der Waals surface area (Å²) >= 11 is 0. The van der Waals surface area contributed by atoms with Gasteiger partial charge in [-0.2, -0.15) is 0 Å². The van der Waals surface area contributed by atoms with Crippen LogP contribution in [0, 0.1) is 0 Å². The van der Waals surface area contributed by atoms with Crippen LogP contribution in [0.2, 0.25) is 0 Å². The van der Waals surface area contributed by atoms with Gasteiger partial charge < -0.3 is 9.64 Å². The van der Waals surface area contributed by atoms with Crippen LogP contribution in [0.5, 0.6) is 0 Å². The molecule has 0 bridgehead atoms. The molecule has 116 valence electrons. The Hall–Kier alpha value is -1.87. The zero-order chi connectivity index (χ0) is 15.4. The van der Waals surface area contributed by atoms with E-state index in [4.69, 9.17) is 4.74 Å². The summed E-state index contributed by atoms with van der Waals surface area (Å²) in [6.45, 7) is 6.08. The standard InChI is InChI=1S/C19H24N2O/c1-15-13-21(14-16(2)22-15)19-11-10-18(12-20-19)9-8-17-6-4-3-5-7-17/h3-7,10-12,15-16H,8-9,13-14H2,1-2H3/t15-,16+.